The zero-order valence-corrected chi connectivity index (χ0v) is 39.6. The van der Waals surface area contributed by atoms with E-state index >= 15 is 0 Å². The number of hydrogen-bond donors (Lipinski definition) is 0. The predicted octanol–water partition coefficient (Wildman–Crippen LogP) is 11.5. The Morgan fingerprint density at radius 1 is 0.300 bits per heavy atom. The molecule has 0 saturated carbocycles. The van der Waals surface area contributed by atoms with Crippen molar-refractivity contribution in [2.75, 3.05) is 0 Å². The molecule has 7 nitrogen and oxygen atoms in total. The normalized spacial score (nSPS) is 11.6. The second-order valence-corrected chi connectivity index (χ2v) is 21.3. The van der Waals surface area contributed by atoms with Gasteiger partial charge >= 0.3 is 0 Å². The molecule has 0 unspecified atom stereocenters. The molecule has 12 rings (SSSR count). The maximum absolute atomic E-state index is 5.22. The second kappa shape index (κ2) is 17.9. The highest BCUT2D eigenvalue weighted by molar-refractivity contribution is 7.19. The third-order valence-corrected chi connectivity index (χ3v) is 18.0. The van der Waals surface area contributed by atoms with Gasteiger partial charge in [0, 0.05) is 38.6 Å². The summed E-state index contributed by atoms with van der Waals surface area (Å²) in [6.07, 6.45) is 0. The van der Waals surface area contributed by atoms with Gasteiger partial charge in [0.05, 0.1) is 16.7 Å². The molecular formula is C62H45N7Si. The third kappa shape index (κ3) is 7.57. The van der Waals surface area contributed by atoms with Crippen molar-refractivity contribution in [3.8, 4) is 62.4 Å². The molecule has 0 N–H and O–H groups in total. The fraction of sp³-hybridized carbons (Fsp3) is 0.0323. The number of aryl methyl sites for hydroxylation is 2. The van der Waals surface area contributed by atoms with E-state index in [1.165, 1.54) is 20.7 Å². The molecule has 3 aromatic heterocycles. The molecule has 0 amide bonds. The van der Waals surface area contributed by atoms with Gasteiger partial charge in [0.1, 0.15) is 11.6 Å². The molecule has 8 heteroatoms. The molecule has 0 aliphatic heterocycles. The molecule has 0 bridgehead atoms. The fourth-order valence-electron chi connectivity index (χ4n) is 10.1. The van der Waals surface area contributed by atoms with Crippen LogP contribution < -0.4 is 20.7 Å². The Morgan fingerprint density at radius 2 is 0.729 bits per heavy atom. The molecule has 0 radical (unpaired) electrons. The highest BCUT2D eigenvalue weighted by Crippen LogP contribution is 2.39. The van der Waals surface area contributed by atoms with Gasteiger partial charge in [-0.05, 0) is 58.4 Å². The van der Waals surface area contributed by atoms with Crippen LogP contribution in [0, 0.1) is 13.8 Å². The first-order chi connectivity index (χ1) is 34.5. The van der Waals surface area contributed by atoms with Crippen molar-refractivity contribution < 1.29 is 0 Å². The Labute approximate surface area is 407 Å². The van der Waals surface area contributed by atoms with E-state index in [2.05, 4.69) is 185 Å². The Kier molecular flexibility index (Phi) is 10.8. The first-order valence-electron chi connectivity index (χ1n) is 23.5. The zero-order chi connectivity index (χ0) is 47.0. The van der Waals surface area contributed by atoms with Crippen molar-refractivity contribution in [2.24, 2.45) is 0 Å². The number of nitrogens with zero attached hydrogens (tertiary/aromatic N) is 7. The van der Waals surface area contributed by atoms with Gasteiger partial charge in [-0.2, -0.15) is 0 Å². The average Bonchev–Trinajstić information content (AvgIpc) is 3.75. The van der Waals surface area contributed by atoms with Gasteiger partial charge in [0.25, 0.3) is 0 Å². The number of rotatable bonds is 10. The summed E-state index contributed by atoms with van der Waals surface area (Å²) in [5, 5.41) is 7.49. The quantitative estimate of drug-likeness (QED) is 0.100. The standard InChI is InChI=1S/C62H45N7Si/c1-42-63-43(2)65-61(64-42)47-36-38-55-54-33-18-19-34-56(54)69(58(55)41-47)57-40-48(62-67-59(44-21-8-3-9-22-44)66-60(68-62)45-23-10-4-11-24-45)35-37-53(57)46-25-20-32-52(39-46)70(49-26-12-5-13-27-49,50-28-14-6-15-29-50)51-30-16-7-17-31-51/h3-41H,1-2H3. The lowest BCUT2D eigenvalue weighted by Crippen LogP contribution is -2.74. The van der Waals surface area contributed by atoms with Crippen LogP contribution in [0.25, 0.3) is 84.2 Å². The summed E-state index contributed by atoms with van der Waals surface area (Å²) in [7, 11) is -2.88. The highest BCUT2D eigenvalue weighted by Gasteiger charge is 2.41. The van der Waals surface area contributed by atoms with Crippen LogP contribution in [0.5, 0.6) is 0 Å². The Morgan fingerprint density at radius 3 is 1.30 bits per heavy atom. The summed E-state index contributed by atoms with van der Waals surface area (Å²) >= 11 is 0. The minimum atomic E-state index is -2.88. The lowest BCUT2D eigenvalue weighted by Gasteiger charge is -2.34. The lowest BCUT2D eigenvalue weighted by molar-refractivity contribution is 0.928. The highest BCUT2D eigenvalue weighted by atomic mass is 28.3. The van der Waals surface area contributed by atoms with Crippen LogP contribution in [0.15, 0.2) is 237 Å². The number of benzene rings is 9. The number of aromatic nitrogens is 7. The molecule has 0 aliphatic carbocycles. The molecule has 0 saturated heterocycles. The average molecular weight is 916 g/mol. The van der Waals surface area contributed by atoms with E-state index in [0.717, 1.165) is 60.9 Å². The predicted molar refractivity (Wildman–Crippen MR) is 288 cm³/mol. The maximum atomic E-state index is 5.22. The number of para-hydroxylation sites is 1. The van der Waals surface area contributed by atoms with Crippen molar-refractivity contribution in [1.82, 2.24) is 34.5 Å². The smallest absolute Gasteiger partial charge is 0.179 e. The van der Waals surface area contributed by atoms with Crippen molar-refractivity contribution >= 4 is 50.6 Å². The first kappa shape index (κ1) is 42.4. The van der Waals surface area contributed by atoms with Gasteiger partial charge < -0.3 is 4.57 Å². The molecule has 3 heterocycles. The summed E-state index contributed by atoms with van der Waals surface area (Å²) in [5.74, 6) is 3.80. The van der Waals surface area contributed by atoms with Gasteiger partial charge in [-0.15, -0.1) is 0 Å². The first-order valence-corrected chi connectivity index (χ1v) is 25.5. The minimum Gasteiger partial charge on any atom is -0.309 e. The van der Waals surface area contributed by atoms with E-state index in [-0.39, 0.29) is 0 Å². The van der Waals surface area contributed by atoms with E-state index in [4.69, 9.17) is 24.9 Å². The molecule has 0 aliphatic rings. The van der Waals surface area contributed by atoms with Crippen molar-refractivity contribution in [3.05, 3.63) is 248 Å². The molecule has 12 aromatic rings. The van der Waals surface area contributed by atoms with E-state index in [1.54, 1.807) is 0 Å². The summed E-state index contributed by atoms with van der Waals surface area (Å²) < 4.78 is 2.40. The molecule has 332 valence electrons. The molecular weight excluding hydrogens is 871 g/mol. The zero-order valence-electron chi connectivity index (χ0n) is 38.6. The third-order valence-electron chi connectivity index (χ3n) is 13.2. The second-order valence-electron chi connectivity index (χ2n) is 17.5. The van der Waals surface area contributed by atoms with Crippen molar-refractivity contribution in [3.63, 3.8) is 0 Å². The molecule has 70 heavy (non-hydrogen) atoms. The largest absolute Gasteiger partial charge is 0.309 e. The summed E-state index contributed by atoms with van der Waals surface area (Å²) in [5.41, 5.74) is 8.83. The SMILES string of the molecule is Cc1nc(C)nc(-c2ccc3c4ccccc4n(-c4cc(-c5nc(-c6ccccc6)nc(-c6ccccc6)n5)ccc4-c4cccc([Si](c5ccccc5)(c5ccccc5)c5ccccc5)c4)c3c2)n1. The van der Waals surface area contributed by atoms with Gasteiger partial charge in [0.2, 0.25) is 0 Å². The van der Waals surface area contributed by atoms with Gasteiger partial charge in [-0.25, -0.2) is 29.9 Å². The summed E-state index contributed by atoms with van der Waals surface area (Å²) in [4.78, 5) is 29.6. The van der Waals surface area contributed by atoms with Crippen LogP contribution >= 0.6 is 0 Å². The van der Waals surface area contributed by atoms with Gasteiger partial charge in [-0.1, -0.05) is 218 Å². The number of fused-ring (bicyclic) bond motifs is 3. The van der Waals surface area contributed by atoms with Crippen molar-refractivity contribution in [1.29, 1.82) is 0 Å². The fourth-order valence-corrected chi connectivity index (χ4v) is 14.9. The molecule has 0 atom stereocenters. The van der Waals surface area contributed by atoms with E-state index in [9.17, 15) is 0 Å². The van der Waals surface area contributed by atoms with E-state index < -0.39 is 8.07 Å². The van der Waals surface area contributed by atoms with Crippen LogP contribution in [0.4, 0.5) is 0 Å². The van der Waals surface area contributed by atoms with Crippen LogP contribution in [0.3, 0.4) is 0 Å². The summed E-state index contributed by atoms with van der Waals surface area (Å²) in [6, 6.07) is 84.6. The minimum absolute atomic E-state index is 0.579. The Bertz CT molecular complexity index is 3670. The molecule has 9 aromatic carbocycles. The Hall–Kier alpha value is -8.98. The van der Waals surface area contributed by atoms with E-state index in [0.29, 0.717) is 34.9 Å². The summed E-state index contributed by atoms with van der Waals surface area (Å²) in [6.45, 7) is 3.83. The molecule has 0 spiro atoms. The van der Waals surface area contributed by atoms with Crippen LogP contribution in [0.2, 0.25) is 0 Å². The van der Waals surface area contributed by atoms with Crippen LogP contribution in [-0.2, 0) is 0 Å². The van der Waals surface area contributed by atoms with Gasteiger partial charge in [0.15, 0.2) is 31.4 Å². The maximum Gasteiger partial charge on any atom is 0.179 e. The Balaban J connectivity index is 1.15. The number of hydrogen-bond acceptors (Lipinski definition) is 6. The van der Waals surface area contributed by atoms with Crippen LogP contribution in [0.1, 0.15) is 11.6 Å². The molecule has 0 fully saturated rings. The lowest BCUT2D eigenvalue weighted by atomic mass is 10.0. The van der Waals surface area contributed by atoms with Gasteiger partial charge in [-0.3, -0.25) is 0 Å². The van der Waals surface area contributed by atoms with E-state index in [1.807, 2.05) is 74.5 Å². The van der Waals surface area contributed by atoms with Crippen molar-refractivity contribution in [2.45, 2.75) is 13.8 Å². The van der Waals surface area contributed by atoms with Crippen LogP contribution in [-0.4, -0.2) is 42.5 Å². The topological polar surface area (TPSA) is 82.3 Å². The monoisotopic (exact) mass is 915 g/mol.